The molecule has 0 aliphatic rings. The van der Waals surface area contributed by atoms with Crippen molar-refractivity contribution < 1.29 is 9.53 Å². The molecular formula is C23H20N4O2. The number of aryl methyl sites for hydroxylation is 1. The van der Waals surface area contributed by atoms with E-state index in [9.17, 15) is 4.79 Å². The Hall–Kier alpha value is -3.93. The summed E-state index contributed by atoms with van der Waals surface area (Å²) in [6, 6.07) is 18.9. The van der Waals surface area contributed by atoms with Crippen molar-refractivity contribution in [3.63, 3.8) is 0 Å². The number of hydrogen-bond donors (Lipinski definition) is 2. The van der Waals surface area contributed by atoms with E-state index in [-0.39, 0.29) is 5.91 Å². The number of methoxy groups -OCH3 is 1. The lowest BCUT2D eigenvalue weighted by Gasteiger charge is -2.13. The second-order valence-corrected chi connectivity index (χ2v) is 6.59. The summed E-state index contributed by atoms with van der Waals surface area (Å²) in [5, 5.41) is 7.16. The fraction of sp³-hybridized carbons (Fsp3) is 0.0870. The average molecular weight is 384 g/mol. The maximum absolute atomic E-state index is 12.8. The molecule has 6 nitrogen and oxygen atoms in total. The van der Waals surface area contributed by atoms with Gasteiger partial charge in [-0.2, -0.15) is 0 Å². The Morgan fingerprint density at radius 3 is 2.66 bits per heavy atom. The van der Waals surface area contributed by atoms with Crippen LogP contribution in [0.5, 0.6) is 5.75 Å². The highest BCUT2D eigenvalue weighted by molar-refractivity contribution is 6.07. The molecule has 0 saturated heterocycles. The van der Waals surface area contributed by atoms with Crippen LogP contribution in [0.1, 0.15) is 16.1 Å². The number of pyridine rings is 2. The highest BCUT2D eigenvalue weighted by Crippen LogP contribution is 2.29. The zero-order valence-corrected chi connectivity index (χ0v) is 16.1. The first kappa shape index (κ1) is 18.4. The molecule has 0 aliphatic carbocycles. The van der Waals surface area contributed by atoms with Crippen molar-refractivity contribution in [2.75, 3.05) is 17.7 Å². The SMILES string of the molecule is COc1ccc(C)cc1Nc1ccnc(C(=O)Nc2cccc3cccnc23)c1. The van der Waals surface area contributed by atoms with Gasteiger partial charge >= 0.3 is 0 Å². The molecule has 0 aliphatic heterocycles. The molecule has 2 aromatic heterocycles. The van der Waals surface area contributed by atoms with E-state index in [0.29, 0.717) is 11.4 Å². The van der Waals surface area contributed by atoms with E-state index >= 15 is 0 Å². The Morgan fingerprint density at radius 1 is 0.931 bits per heavy atom. The number of nitrogens with zero attached hydrogens (tertiary/aromatic N) is 2. The first-order valence-corrected chi connectivity index (χ1v) is 9.17. The summed E-state index contributed by atoms with van der Waals surface area (Å²) in [6.45, 7) is 2.01. The van der Waals surface area contributed by atoms with Gasteiger partial charge in [-0.25, -0.2) is 0 Å². The Balaban J connectivity index is 1.58. The number of aromatic nitrogens is 2. The van der Waals surface area contributed by atoms with Crippen molar-refractivity contribution in [1.82, 2.24) is 9.97 Å². The molecule has 144 valence electrons. The van der Waals surface area contributed by atoms with Crippen LogP contribution in [-0.2, 0) is 0 Å². The molecule has 0 fully saturated rings. The van der Waals surface area contributed by atoms with Crippen LogP contribution >= 0.6 is 0 Å². The Kier molecular flexibility index (Phi) is 5.07. The van der Waals surface area contributed by atoms with Crippen LogP contribution in [0.3, 0.4) is 0 Å². The summed E-state index contributed by atoms with van der Waals surface area (Å²) in [4.78, 5) is 21.4. The first-order chi connectivity index (χ1) is 14.1. The number of hydrogen-bond acceptors (Lipinski definition) is 5. The summed E-state index contributed by atoms with van der Waals surface area (Å²) in [5.41, 5.74) is 4.35. The smallest absolute Gasteiger partial charge is 0.274 e. The predicted octanol–water partition coefficient (Wildman–Crippen LogP) is 4.94. The molecule has 0 unspecified atom stereocenters. The molecule has 2 N–H and O–H groups in total. The first-order valence-electron chi connectivity index (χ1n) is 9.17. The molecule has 4 aromatic rings. The molecule has 29 heavy (non-hydrogen) atoms. The van der Waals surface area contributed by atoms with Crippen LogP contribution in [0, 0.1) is 6.92 Å². The van der Waals surface area contributed by atoms with Crippen molar-refractivity contribution in [2.45, 2.75) is 6.92 Å². The van der Waals surface area contributed by atoms with Crippen LogP contribution in [0.25, 0.3) is 10.9 Å². The number of ether oxygens (including phenoxy) is 1. The Labute approximate surface area is 168 Å². The van der Waals surface area contributed by atoms with E-state index in [2.05, 4.69) is 20.6 Å². The molecule has 2 aromatic carbocycles. The van der Waals surface area contributed by atoms with E-state index in [0.717, 1.165) is 33.6 Å². The second-order valence-electron chi connectivity index (χ2n) is 6.59. The van der Waals surface area contributed by atoms with Gasteiger partial charge in [-0.3, -0.25) is 14.8 Å². The van der Waals surface area contributed by atoms with Crippen molar-refractivity contribution in [2.24, 2.45) is 0 Å². The van der Waals surface area contributed by atoms with Crippen molar-refractivity contribution in [3.8, 4) is 5.75 Å². The summed E-state index contributed by atoms with van der Waals surface area (Å²) < 4.78 is 5.41. The zero-order valence-electron chi connectivity index (χ0n) is 16.1. The standard InChI is InChI=1S/C23H20N4O2/c1-15-8-9-21(29-2)19(13-15)26-17-10-12-24-20(14-17)23(28)27-18-7-3-5-16-6-4-11-25-22(16)18/h3-14H,1-2H3,(H,24,26)(H,27,28). The fourth-order valence-electron chi connectivity index (χ4n) is 3.10. The third kappa shape index (κ3) is 4.01. The van der Waals surface area contributed by atoms with Gasteiger partial charge in [0.05, 0.1) is 24.0 Å². The molecule has 0 radical (unpaired) electrons. The molecule has 2 heterocycles. The third-order valence-corrected chi connectivity index (χ3v) is 4.51. The molecule has 0 atom stereocenters. The maximum Gasteiger partial charge on any atom is 0.274 e. The number of carbonyl (C=O) groups excluding carboxylic acids is 1. The minimum atomic E-state index is -0.303. The number of para-hydroxylation sites is 1. The average Bonchev–Trinajstić information content (AvgIpc) is 2.74. The van der Waals surface area contributed by atoms with E-state index in [1.165, 1.54) is 0 Å². The highest BCUT2D eigenvalue weighted by atomic mass is 16.5. The van der Waals surface area contributed by atoms with Gasteiger partial charge in [0.2, 0.25) is 0 Å². The van der Waals surface area contributed by atoms with Crippen molar-refractivity contribution in [1.29, 1.82) is 0 Å². The third-order valence-electron chi connectivity index (χ3n) is 4.51. The van der Waals surface area contributed by atoms with Gasteiger partial charge in [-0.15, -0.1) is 0 Å². The monoisotopic (exact) mass is 384 g/mol. The van der Waals surface area contributed by atoms with Crippen LogP contribution in [0.4, 0.5) is 17.1 Å². The lowest BCUT2D eigenvalue weighted by Crippen LogP contribution is -2.14. The lowest BCUT2D eigenvalue weighted by molar-refractivity contribution is 0.102. The predicted molar refractivity (Wildman–Crippen MR) is 115 cm³/mol. The molecular weight excluding hydrogens is 364 g/mol. The normalized spacial score (nSPS) is 10.6. The van der Waals surface area contributed by atoms with E-state index in [4.69, 9.17) is 4.74 Å². The van der Waals surface area contributed by atoms with Gasteiger partial charge < -0.3 is 15.4 Å². The lowest BCUT2D eigenvalue weighted by atomic mass is 10.2. The van der Waals surface area contributed by atoms with Crippen LogP contribution in [0.2, 0.25) is 0 Å². The number of carbonyl (C=O) groups is 1. The second kappa shape index (κ2) is 7.98. The van der Waals surface area contributed by atoms with Gasteiger partial charge in [0.15, 0.2) is 0 Å². The van der Waals surface area contributed by atoms with Crippen molar-refractivity contribution >= 4 is 33.9 Å². The van der Waals surface area contributed by atoms with Crippen molar-refractivity contribution in [3.05, 3.63) is 84.3 Å². The topological polar surface area (TPSA) is 76.1 Å². The molecule has 6 heteroatoms. The minimum Gasteiger partial charge on any atom is -0.495 e. The highest BCUT2D eigenvalue weighted by Gasteiger charge is 2.12. The molecule has 0 saturated carbocycles. The van der Waals surface area contributed by atoms with Gasteiger partial charge in [0, 0.05) is 23.5 Å². The van der Waals surface area contributed by atoms with Gasteiger partial charge in [0.25, 0.3) is 5.91 Å². The number of amides is 1. The largest absolute Gasteiger partial charge is 0.495 e. The number of fused-ring (bicyclic) bond motifs is 1. The number of nitrogens with one attached hydrogen (secondary N) is 2. The van der Waals surface area contributed by atoms with Gasteiger partial charge in [-0.1, -0.05) is 24.3 Å². The van der Waals surface area contributed by atoms with Gasteiger partial charge in [-0.05, 0) is 48.9 Å². The summed E-state index contributed by atoms with van der Waals surface area (Å²) in [6.07, 6.45) is 3.30. The molecule has 0 bridgehead atoms. The van der Waals surface area contributed by atoms with E-state index in [1.807, 2.05) is 55.5 Å². The van der Waals surface area contributed by atoms with Crippen LogP contribution < -0.4 is 15.4 Å². The molecule has 1 amide bonds. The maximum atomic E-state index is 12.8. The summed E-state index contributed by atoms with van der Waals surface area (Å²) >= 11 is 0. The Bertz CT molecular complexity index is 1190. The Morgan fingerprint density at radius 2 is 1.79 bits per heavy atom. The fourth-order valence-corrected chi connectivity index (χ4v) is 3.10. The summed E-state index contributed by atoms with van der Waals surface area (Å²) in [7, 11) is 1.62. The minimum absolute atomic E-state index is 0.301. The number of benzene rings is 2. The van der Waals surface area contributed by atoms with E-state index < -0.39 is 0 Å². The van der Waals surface area contributed by atoms with Gasteiger partial charge in [0.1, 0.15) is 11.4 Å². The molecule has 4 rings (SSSR count). The number of rotatable bonds is 5. The number of anilines is 3. The van der Waals surface area contributed by atoms with Crippen LogP contribution in [-0.4, -0.2) is 23.0 Å². The van der Waals surface area contributed by atoms with E-state index in [1.54, 1.807) is 31.6 Å². The van der Waals surface area contributed by atoms with Crippen LogP contribution in [0.15, 0.2) is 73.1 Å². The summed E-state index contributed by atoms with van der Waals surface area (Å²) in [5.74, 6) is 0.420. The molecule has 0 spiro atoms. The zero-order chi connectivity index (χ0) is 20.2. The quantitative estimate of drug-likeness (QED) is 0.509.